The summed E-state index contributed by atoms with van der Waals surface area (Å²) in [6.45, 7) is 0.305. The van der Waals surface area contributed by atoms with Crippen LogP contribution in [0.2, 0.25) is 0 Å². The van der Waals surface area contributed by atoms with E-state index >= 15 is 0 Å². The summed E-state index contributed by atoms with van der Waals surface area (Å²) in [5.41, 5.74) is 1.17. The number of nitrogens with zero attached hydrogens (tertiary/aromatic N) is 3. The quantitative estimate of drug-likeness (QED) is 0.777. The van der Waals surface area contributed by atoms with E-state index in [-0.39, 0.29) is 5.91 Å². The standard InChI is InChI=1S/C18H18N4OS/c1-22(10-16(23)21-13-7-8-13)17-14-9-15(12-5-3-2-4-6-12)24-18(14)20-11-19-17/h2-6,9,11,13H,7-8,10H2,1H3,(H,21,23). The van der Waals surface area contributed by atoms with Gasteiger partial charge in [-0.15, -0.1) is 11.3 Å². The molecule has 1 amide bonds. The van der Waals surface area contributed by atoms with Crippen LogP contribution >= 0.6 is 11.3 Å². The summed E-state index contributed by atoms with van der Waals surface area (Å²) in [6.07, 6.45) is 3.76. The molecule has 5 nitrogen and oxygen atoms in total. The number of anilines is 1. The Bertz CT molecular complexity index is 873. The first-order valence-corrected chi connectivity index (χ1v) is 8.83. The number of hydrogen-bond acceptors (Lipinski definition) is 5. The Morgan fingerprint density at radius 1 is 1.29 bits per heavy atom. The summed E-state index contributed by atoms with van der Waals surface area (Å²) in [5.74, 6) is 0.842. The minimum absolute atomic E-state index is 0.0466. The monoisotopic (exact) mass is 338 g/mol. The van der Waals surface area contributed by atoms with Crippen molar-refractivity contribution in [2.75, 3.05) is 18.5 Å². The van der Waals surface area contributed by atoms with Crippen molar-refractivity contribution in [2.45, 2.75) is 18.9 Å². The van der Waals surface area contributed by atoms with Crippen molar-refractivity contribution in [3.63, 3.8) is 0 Å². The van der Waals surface area contributed by atoms with E-state index in [4.69, 9.17) is 0 Å². The fourth-order valence-corrected chi connectivity index (χ4v) is 3.68. The minimum atomic E-state index is 0.0466. The van der Waals surface area contributed by atoms with Gasteiger partial charge in [0, 0.05) is 18.0 Å². The lowest BCUT2D eigenvalue weighted by molar-refractivity contribution is -0.119. The number of fused-ring (bicyclic) bond motifs is 1. The van der Waals surface area contributed by atoms with Crippen molar-refractivity contribution in [2.24, 2.45) is 0 Å². The van der Waals surface area contributed by atoms with Crippen LogP contribution in [0.4, 0.5) is 5.82 Å². The minimum Gasteiger partial charge on any atom is -0.352 e. The molecule has 4 rings (SSSR count). The van der Waals surface area contributed by atoms with Gasteiger partial charge >= 0.3 is 0 Å². The van der Waals surface area contributed by atoms with Gasteiger partial charge in [-0.3, -0.25) is 4.79 Å². The van der Waals surface area contributed by atoms with Gasteiger partial charge in [0.2, 0.25) is 5.91 Å². The number of amides is 1. The van der Waals surface area contributed by atoms with E-state index in [9.17, 15) is 4.79 Å². The van der Waals surface area contributed by atoms with Crippen LogP contribution < -0.4 is 10.2 Å². The van der Waals surface area contributed by atoms with Gasteiger partial charge < -0.3 is 10.2 Å². The lowest BCUT2D eigenvalue weighted by atomic mass is 10.2. The Morgan fingerprint density at radius 3 is 2.83 bits per heavy atom. The number of nitrogens with one attached hydrogen (secondary N) is 1. The first kappa shape index (κ1) is 15.1. The summed E-state index contributed by atoms with van der Waals surface area (Å²) in [5, 5.41) is 4.00. The van der Waals surface area contributed by atoms with Crippen molar-refractivity contribution in [3.8, 4) is 10.4 Å². The zero-order valence-electron chi connectivity index (χ0n) is 13.4. The van der Waals surface area contributed by atoms with Gasteiger partial charge in [0.15, 0.2) is 0 Å². The molecule has 1 aliphatic rings. The fraction of sp³-hybridized carbons (Fsp3) is 0.278. The molecule has 1 saturated carbocycles. The molecule has 6 heteroatoms. The molecular weight excluding hydrogens is 320 g/mol. The summed E-state index contributed by atoms with van der Waals surface area (Å²) < 4.78 is 0. The highest BCUT2D eigenvalue weighted by molar-refractivity contribution is 7.21. The lowest BCUT2D eigenvalue weighted by Gasteiger charge is -2.18. The third kappa shape index (κ3) is 3.10. The topological polar surface area (TPSA) is 58.1 Å². The number of aromatic nitrogens is 2. The molecule has 1 aliphatic carbocycles. The Kier molecular flexibility index (Phi) is 3.90. The number of thiophene rings is 1. The maximum Gasteiger partial charge on any atom is 0.239 e. The maximum absolute atomic E-state index is 12.0. The van der Waals surface area contributed by atoms with Crippen LogP contribution in [-0.4, -0.2) is 35.5 Å². The number of hydrogen-bond donors (Lipinski definition) is 1. The van der Waals surface area contributed by atoms with Crippen LogP contribution in [0.25, 0.3) is 20.7 Å². The third-order valence-corrected chi connectivity index (χ3v) is 5.14. The number of rotatable bonds is 5. The second kappa shape index (κ2) is 6.20. The molecular formula is C18H18N4OS. The van der Waals surface area contributed by atoms with Crippen molar-refractivity contribution >= 4 is 33.3 Å². The highest BCUT2D eigenvalue weighted by Gasteiger charge is 2.24. The fourth-order valence-electron chi connectivity index (χ4n) is 2.68. The van der Waals surface area contributed by atoms with Crippen LogP contribution in [0.5, 0.6) is 0 Å². The smallest absolute Gasteiger partial charge is 0.239 e. The first-order chi connectivity index (χ1) is 11.7. The SMILES string of the molecule is CN(CC(=O)NC1CC1)c1ncnc2sc(-c3ccccc3)cc12. The summed E-state index contributed by atoms with van der Waals surface area (Å²) in [4.78, 5) is 24.8. The maximum atomic E-state index is 12.0. The molecule has 0 bridgehead atoms. The van der Waals surface area contributed by atoms with E-state index in [0.29, 0.717) is 12.6 Å². The highest BCUT2D eigenvalue weighted by Crippen LogP contribution is 2.35. The lowest BCUT2D eigenvalue weighted by Crippen LogP contribution is -2.36. The van der Waals surface area contributed by atoms with Gasteiger partial charge in [-0.25, -0.2) is 9.97 Å². The molecule has 0 unspecified atom stereocenters. The van der Waals surface area contributed by atoms with E-state index in [1.807, 2.05) is 30.1 Å². The van der Waals surface area contributed by atoms with Crippen molar-refractivity contribution in [1.29, 1.82) is 0 Å². The third-order valence-electron chi connectivity index (χ3n) is 4.05. The van der Waals surface area contributed by atoms with E-state index < -0.39 is 0 Å². The Labute approximate surface area is 144 Å². The molecule has 0 radical (unpaired) electrons. The van der Waals surface area contributed by atoms with Crippen LogP contribution in [0.1, 0.15) is 12.8 Å². The zero-order valence-corrected chi connectivity index (χ0v) is 14.2. The van der Waals surface area contributed by atoms with Crippen LogP contribution in [0.15, 0.2) is 42.7 Å². The molecule has 0 atom stereocenters. The van der Waals surface area contributed by atoms with Crippen molar-refractivity contribution in [3.05, 3.63) is 42.7 Å². The number of carbonyl (C=O) groups excluding carboxylic acids is 1. The van der Waals surface area contributed by atoms with E-state index in [2.05, 4.69) is 33.5 Å². The molecule has 1 fully saturated rings. The number of likely N-dealkylation sites (N-methyl/N-ethyl adjacent to an activating group) is 1. The summed E-state index contributed by atoms with van der Waals surface area (Å²) >= 11 is 1.64. The molecule has 122 valence electrons. The van der Waals surface area contributed by atoms with Gasteiger partial charge in [-0.2, -0.15) is 0 Å². The molecule has 0 spiro atoms. The molecule has 2 heterocycles. The molecule has 2 aromatic heterocycles. The van der Waals surface area contributed by atoms with Crippen molar-refractivity contribution < 1.29 is 4.79 Å². The Hall–Kier alpha value is -2.47. The Morgan fingerprint density at radius 2 is 2.08 bits per heavy atom. The first-order valence-electron chi connectivity index (χ1n) is 8.01. The normalized spacial score (nSPS) is 13.9. The second-order valence-electron chi connectivity index (χ2n) is 6.09. The van der Waals surface area contributed by atoms with E-state index in [1.54, 1.807) is 17.7 Å². The average Bonchev–Trinajstić information content (AvgIpc) is 3.29. The van der Waals surface area contributed by atoms with Gasteiger partial charge in [0.05, 0.1) is 11.9 Å². The summed E-state index contributed by atoms with van der Waals surface area (Å²) in [6, 6.07) is 12.7. The van der Waals surface area contributed by atoms with Gasteiger partial charge in [-0.1, -0.05) is 30.3 Å². The van der Waals surface area contributed by atoms with Crippen LogP contribution in [-0.2, 0) is 4.79 Å². The molecule has 3 aromatic rings. The van der Waals surface area contributed by atoms with E-state index in [0.717, 1.165) is 33.8 Å². The van der Waals surface area contributed by atoms with Crippen LogP contribution in [0, 0.1) is 0 Å². The Balaban J connectivity index is 1.62. The van der Waals surface area contributed by atoms with Gasteiger partial charge in [-0.05, 0) is 24.5 Å². The largest absolute Gasteiger partial charge is 0.352 e. The van der Waals surface area contributed by atoms with Crippen LogP contribution in [0.3, 0.4) is 0 Å². The van der Waals surface area contributed by atoms with Gasteiger partial charge in [0.25, 0.3) is 0 Å². The number of carbonyl (C=O) groups is 1. The zero-order chi connectivity index (χ0) is 16.5. The molecule has 0 aliphatic heterocycles. The number of benzene rings is 1. The predicted molar refractivity (Wildman–Crippen MR) is 97.3 cm³/mol. The summed E-state index contributed by atoms with van der Waals surface area (Å²) in [7, 11) is 1.90. The van der Waals surface area contributed by atoms with Gasteiger partial charge in [0.1, 0.15) is 17.0 Å². The highest BCUT2D eigenvalue weighted by atomic mass is 32.1. The molecule has 1 N–H and O–H groups in total. The molecule has 24 heavy (non-hydrogen) atoms. The molecule has 0 saturated heterocycles. The second-order valence-corrected chi connectivity index (χ2v) is 7.12. The average molecular weight is 338 g/mol. The molecule has 1 aromatic carbocycles. The van der Waals surface area contributed by atoms with Crippen molar-refractivity contribution in [1.82, 2.24) is 15.3 Å². The van der Waals surface area contributed by atoms with E-state index in [1.165, 1.54) is 5.56 Å². The predicted octanol–water partition coefficient (Wildman–Crippen LogP) is 3.07.